The first-order valence-corrected chi connectivity index (χ1v) is 9.50. The van der Waals surface area contributed by atoms with E-state index in [9.17, 15) is 18.0 Å². The van der Waals surface area contributed by atoms with E-state index >= 15 is 0 Å². The molecule has 1 aromatic carbocycles. The van der Waals surface area contributed by atoms with Crippen LogP contribution in [0.2, 0.25) is 0 Å². The van der Waals surface area contributed by atoms with Gasteiger partial charge in [-0.15, -0.1) is 0 Å². The molecule has 0 saturated heterocycles. The van der Waals surface area contributed by atoms with Gasteiger partial charge >= 0.3 is 12.1 Å². The summed E-state index contributed by atoms with van der Waals surface area (Å²) in [6.45, 7) is 3.93. The highest BCUT2D eigenvalue weighted by Gasteiger charge is 2.32. The van der Waals surface area contributed by atoms with E-state index in [0.717, 1.165) is 29.0 Å². The first-order chi connectivity index (χ1) is 14.7. The van der Waals surface area contributed by atoms with E-state index < -0.39 is 11.9 Å². The van der Waals surface area contributed by atoms with Gasteiger partial charge in [0, 0.05) is 36.3 Å². The molecule has 0 atom stereocenters. The van der Waals surface area contributed by atoms with E-state index in [1.165, 1.54) is 0 Å². The smallest absolute Gasteiger partial charge is 0.433 e. The summed E-state index contributed by atoms with van der Waals surface area (Å²) in [4.78, 5) is 27.4. The van der Waals surface area contributed by atoms with E-state index in [2.05, 4.69) is 25.3 Å². The average Bonchev–Trinajstić information content (AvgIpc) is 2.72. The maximum Gasteiger partial charge on any atom is 0.433 e. The molecule has 0 unspecified atom stereocenters. The molecule has 0 spiro atoms. The van der Waals surface area contributed by atoms with Crippen LogP contribution in [-0.2, 0) is 22.1 Å². The van der Waals surface area contributed by atoms with Gasteiger partial charge in [-0.1, -0.05) is 6.07 Å². The van der Waals surface area contributed by atoms with Crippen molar-refractivity contribution in [2.75, 3.05) is 11.9 Å². The molecule has 31 heavy (non-hydrogen) atoms. The van der Waals surface area contributed by atoms with Gasteiger partial charge in [0.25, 0.3) is 0 Å². The number of carbonyl (C=O) groups excluding carboxylic acids is 1. The molecule has 0 aliphatic heterocycles. The maximum absolute atomic E-state index is 12.9. The number of aromatic nitrogens is 4. The van der Waals surface area contributed by atoms with Gasteiger partial charge < -0.3 is 10.1 Å². The van der Waals surface area contributed by atoms with Crippen LogP contribution in [0.5, 0.6) is 0 Å². The number of aryl methyl sites for hydroxylation is 2. The highest BCUT2D eigenvalue weighted by Crippen LogP contribution is 2.29. The summed E-state index contributed by atoms with van der Waals surface area (Å²) in [5, 5.41) is 2.81. The van der Waals surface area contributed by atoms with Gasteiger partial charge in [0.05, 0.1) is 13.0 Å². The number of hydrogen-bond acceptors (Lipinski definition) is 7. The molecular weight excluding hydrogens is 411 g/mol. The Bertz CT molecular complexity index is 1060. The third-order valence-electron chi connectivity index (χ3n) is 4.18. The summed E-state index contributed by atoms with van der Waals surface area (Å²) >= 11 is 0. The van der Waals surface area contributed by atoms with Crippen LogP contribution in [0.3, 0.4) is 0 Å². The van der Waals surface area contributed by atoms with E-state index in [0.29, 0.717) is 24.5 Å². The number of nitrogens with one attached hydrogen (secondary N) is 1. The van der Waals surface area contributed by atoms with Crippen molar-refractivity contribution in [2.45, 2.75) is 32.9 Å². The zero-order chi connectivity index (χ0) is 22.4. The molecule has 0 radical (unpaired) electrons. The highest BCUT2D eigenvalue weighted by atomic mass is 19.4. The number of nitrogens with zero attached hydrogens (tertiary/aromatic N) is 4. The molecule has 10 heteroatoms. The van der Waals surface area contributed by atoms with Crippen molar-refractivity contribution in [1.82, 2.24) is 19.9 Å². The molecule has 1 N–H and O–H groups in total. The van der Waals surface area contributed by atoms with Crippen molar-refractivity contribution in [3.8, 4) is 11.1 Å². The van der Waals surface area contributed by atoms with Crippen LogP contribution in [0, 0.1) is 6.92 Å². The molecule has 0 saturated carbocycles. The standard InChI is InChI=1S/C21H20F3N5O2/c1-3-31-19(30)5-4-18-26-11-15(12-27-18)14-8-13(2)9-16(10-14)28-20-25-7-6-17(29-20)21(22,23)24/h6-12H,3-5H2,1-2H3,(H,25,28,29). The quantitative estimate of drug-likeness (QED) is 0.551. The number of benzene rings is 1. The van der Waals surface area contributed by atoms with Crippen molar-refractivity contribution in [1.29, 1.82) is 0 Å². The minimum absolute atomic E-state index is 0.156. The predicted molar refractivity (Wildman–Crippen MR) is 107 cm³/mol. The number of esters is 1. The number of carbonyl (C=O) groups is 1. The third-order valence-corrected chi connectivity index (χ3v) is 4.18. The lowest BCUT2D eigenvalue weighted by molar-refractivity contribution is -0.143. The Labute approximate surface area is 176 Å². The molecule has 3 rings (SSSR count). The van der Waals surface area contributed by atoms with Gasteiger partial charge in [0.1, 0.15) is 11.5 Å². The largest absolute Gasteiger partial charge is 0.466 e. The summed E-state index contributed by atoms with van der Waals surface area (Å²) in [7, 11) is 0. The summed E-state index contributed by atoms with van der Waals surface area (Å²) in [6, 6.07) is 6.22. The van der Waals surface area contributed by atoms with Gasteiger partial charge in [-0.2, -0.15) is 13.2 Å². The van der Waals surface area contributed by atoms with Crippen molar-refractivity contribution >= 4 is 17.6 Å². The molecule has 0 aliphatic carbocycles. The lowest BCUT2D eigenvalue weighted by atomic mass is 10.1. The third kappa shape index (κ3) is 6.21. The van der Waals surface area contributed by atoms with Crippen LogP contribution >= 0.6 is 0 Å². The van der Waals surface area contributed by atoms with Crippen molar-refractivity contribution in [2.24, 2.45) is 0 Å². The Morgan fingerprint density at radius 3 is 2.52 bits per heavy atom. The van der Waals surface area contributed by atoms with Crippen LogP contribution in [0.4, 0.5) is 24.8 Å². The number of rotatable bonds is 7. The number of anilines is 2. The summed E-state index contributed by atoms with van der Waals surface area (Å²) in [5.41, 5.74) is 1.87. The molecule has 3 aromatic rings. The summed E-state index contributed by atoms with van der Waals surface area (Å²) in [5.74, 6) is 0.0542. The topological polar surface area (TPSA) is 89.9 Å². The Morgan fingerprint density at radius 2 is 1.84 bits per heavy atom. The van der Waals surface area contributed by atoms with E-state index in [-0.39, 0.29) is 18.3 Å². The SMILES string of the molecule is CCOC(=O)CCc1ncc(-c2cc(C)cc(Nc3nccc(C(F)(F)F)n3)c2)cn1. The molecule has 162 valence electrons. The molecular formula is C21H20F3N5O2. The fraction of sp³-hybridized carbons (Fsp3) is 0.286. The second-order valence-electron chi connectivity index (χ2n) is 6.67. The van der Waals surface area contributed by atoms with Crippen LogP contribution < -0.4 is 5.32 Å². The molecule has 0 aliphatic rings. The lowest BCUT2D eigenvalue weighted by Crippen LogP contribution is -2.10. The van der Waals surface area contributed by atoms with Crippen LogP contribution in [-0.4, -0.2) is 32.5 Å². The molecule has 0 amide bonds. The molecule has 0 fully saturated rings. The fourth-order valence-corrected chi connectivity index (χ4v) is 2.81. The first kappa shape index (κ1) is 22.1. The minimum Gasteiger partial charge on any atom is -0.466 e. The Kier molecular flexibility index (Phi) is 6.78. The zero-order valence-electron chi connectivity index (χ0n) is 16.9. The number of alkyl halides is 3. The summed E-state index contributed by atoms with van der Waals surface area (Å²) < 4.78 is 43.5. The van der Waals surface area contributed by atoms with E-state index in [4.69, 9.17) is 4.74 Å². The van der Waals surface area contributed by atoms with E-state index in [1.807, 2.05) is 13.0 Å². The zero-order valence-corrected chi connectivity index (χ0v) is 16.9. The van der Waals surface area contributed by atoms with Crippen molar-refractivity contribution in [3.05, 3.63) is 59.9 Å². The number of hydrogen-bond donors (Lipinski definition) is 1. The maximum atomic E-state index is 12.9. The normalized spacial score (nSPS) is 11.3. The summed E-state index contributed by atoms with van der Waals surface area (Å²) in [6.07, 6.45) is 0.330. The van der Waals surface area contributed by atoms with Crippen LogP contribution in [0.1, 0.15) is 30.4 Å². The van der Waals surface area contributed by atoms with Gasteiger partial charge in [-0.3, -0.25) is 4.79 Å². The molecule has 0 bridgehead atoms. The van der Waals surface area contributed by atoms with Gasteiger partial charge in [-0.25, -0.2) is 19.9 Å². The highest BCUT2D eigenvalue weighted by molar-refractivity contribution is 5.70. The van der Waals surface area contributed by atoms with Crippen molar-refractivity contribution in [3.63, 3.8) is 0 Å². The van der Waals surface area contributed by atoms with Gasteiger partial charge in [0.15, 0.2) is 0 Å². The Balaban J connectivity index is 1.76. The molecule has 2 aromatic heterocycles. The lowest BCUT2D eigenvalue weighted by Gasteiger charge is -2.11. The predicted octanol–water partition coefficient (Wildman–Crippen LogP) is 4.50. The second kappa shape index (κ2) is 9.50. The monoisotopic (exact) mass is 431 g/mol. The molecule has 7 nitrogen and oxygen atoms in total. The Hall–Kier alpha value is -3.56. The van der Waals surface area contributed by atoms with Gasteiger partial charge in [0.2, 0.25) is 5.95 Å². The van der Waals surface area contributed by atoms with Crippen LogP contribution in [0.15, 0.2) is 42.9 Å². The number of halogens is 3. The number of ether oxygens (including phenoxy) is 1. The fourth-order valence-electron chi connectivity index (χ4n) is 2.81. The first-order valence-electron chi connectivity index (χ1n) is 9.50. The Morgan fingerprint density at radius 1 is 1.10 bits per heavy atom. The van der Waals surface area contributed by atoms with Gasteiger partial charge in [-0.05, 0) is 43.2 Å². The molecule has 2 heterocycles. The van der Waals surface area contributed by atoms with Crippen LogP contribution in [0.25, 0.3) is 11.1 Å². The van der Waals surface area contributed by atoms with E-state index in [1.54, 1.807) is 31.5 Å². The second-order valence-corrected chi connectivity index (χ2v) is 6.67. The van der Waals surface area contributed by atoms with Crippen molar-refractivity contribution < 1.29 is 22.7 Å². The average molecular weight is 431 g/mol. The minimum atomic E-state index is -4.55.